The molecule has 2 unspecified atom stereocenters. The summed E-state index contributed by atoms with van der Waals surface area (Å²) in [6.45, 7) is 3.73. The molecule has 0 radical (unpaired) electrons. The number of carbonyl (C=O) groups excluding carboxylic acids is 1. The van der Waals surface area contributed by atoms with Crippen molar-refractivity contribution in [3.63, 3.8) is 0 Å². The van der Waals surface area contributed by atoms with Gasteiger partial charge in [0.15, 0.2) is 5.03 Å². The molecule has 0 aliphatic carbocycles. The lowest BCUT2D eigenvalue weighted by molar-refractivity contribution is -0.486. The van der Waals surface area contributed by atoms with Crippen LogP contribution in [0.15, 0.2) is 29.4 Å². The quantitative estimate of drug-likeness (QED) is 0.581. The molecule has 2 saturated heterocycles. The highest BCUT2D eigenvalue weighted by atomic mass is 16.7. The first-order chi connectivity index (χ1) is 13.0. The van der Waals surface area contributed by atoms with E-state index in [-0.39, 0.29) is 30.3 Å². The highest BCUT2D eigenvalue weighted by Crippen LogP contribution is 2.23. The van der Waals surface area contributed by atoms with Crippen LogP contribution in [0.3, 0.4) is 0 Å². The molecule has 10 nitrogen and oxygen atoms in total. The number of rotatable bonds is 4. The number of ether oxygens (including phenoxy) is 2. The Morgan fingerprint density at radius 3 is 3.00 bits per heavy atom. The number of carbonyl (C=O) groups is 1. The largest absolute Gasteiger partial charge is 0.422 e. The average molecular weight is 373 g/mol. The molecule has 0 saturated carbocycles. The van der Waals surface area contributed by atoms with Gasteiger partial charge in [0, 0.05) is 19.0 Å². The fourth-order valence-corrected chi connectivity index (χ4v) is 3.26. The first-order valence-corrected chi connectivity index (χ1v) is 8.55. The molecule has 0 aromatic heterocycles. The summed E-state index contributed by atoms with van der Waals surface area (Å²) in [5.41, 5.74) is 0.345. The molecule has 2 atom stereocenters. The first kappa shape index (κ1) is 18.6. The van der Waals surface area contributed by atoms with Crippen molar-refractivity contribution in [1.82, 2.24) is 9.80 Å². The maximum absolute atomic E-state index is 12.5. The fraction of sp³-hybridized carbons (Fsp3) is 0.471. The van der Waals surface area contributed by atoms with E-state index in [2.05, 4.69) is 5.10 Å². The predicted octanol–water partition coefficient (Wildman–Crippen LogP) is 1.65. The van der Waals surface area contributed by atoms with E-state index in [4.69, 9.17) is 14.7 Å². The highest BCUT2D eigenvalue weighted by Gasteiger charge is 2.37. The van der Waals surface area contributed by atoms with Crippen LogP contribution in [-0.4, -0.2) is 59.2 Å². The smallest absolute Gasteiger partial charge is 0.410 e. The molecule has 0 bridgehead atoms. The van der Waals surface area contributed by atoms with Crippen LogP contribution in [0.4, 0.5) is 4.79 Å². The minimum absolute atomic E-state index is 0.0407. The number of amides is 1. The second kappa shape index (κ2) is 8.01. The summed E-state index contributed by atoms with van der Waals surface area (Å²) in [6.07, 6.45) is 0.236. The number of hydrogen-bond donors (Lipinski definition) is 0. The van der Waals surface area contributed by atoms with Crippen molar-refractivity contribution in [3.05, 3.63) is 39.9 Å². The van der Waals surface area contributed by atoms with Crippen molar-refractivity contribution < 1.29 is 19.3 Å². The summed E-state index contributed by atoms with van der Waals surface area (Å²) in [7, 11) is 0. The maximum atomic E-state index is 12.5. The molecule has 2 aliphatic heterocycles. The zero-order valence-electron chi connectivity index (χ0n) is 14.8. The Labute approximate surface area is 155 Å². The molecule has 3 rings (SSSR count). The number of guanidine groups is 1. The monoisotopic (exact) mass is 373 g/mol. The molecular formula is C17H19N5O5. The van der Waals surface area contributed by atoms with Crippen molar-refractivity contribution in [3.8, 4) is 11.8 Å². The summed E-state index contributed by atoms with van der Waals surface area (Å²) in [4.78, 5) is 26.3. The van der Waals surface area contributed by atoms with E-state index in [1.807, 2.05) is 13.0 Å². The van der Waals surface area contributed by atoms with Crippen LogP contribution < -0.4 is 4.74 Å². The molecule has 0 N–H and O–H groups in total. The number of hydrogen-bond acceptors (Lipinski definition) is 6. The molecule has 142 valence electrons. The van der Waals surface area contributed by atoms with Crippen LogP contribution in [-0.2, 0) is 4.74 Å². The van der Waals surface area contributed by atoms with E-state index in [1.165, 1.54) is 12.1 Å². The van der Waals surface area contributed by atoms with Crippen LogP contribution >= 0.6 is 0 Å². The van der Waals surface area contributed by atoms with Gasteiger partial charge in [0.25, 0.3) is 5.96 Å². The molecule has 0 spiro atoms. The molecule has 27 heavy (non-hydrogen) atoms. The minimum atomic E-state index is -0.821. The number of nitrogens with zero attached hydrogens (tertiary/aromatic N) is 5. The third kappa shape index (κ3) is 4.51. The Hall–Kier alpha value is -3.19. The van der Waals surface area contributed by atoms with Crippen molar-refractivity contribution in [2.45, 2.75) is 19.4 Å². The van der Waals surface area contributed by atoms with E-state index in [1.54, 1.807) is 17.0 Å². The van der Waals surface area contributed by atoms with Gasteiger partial charge in [0.2, 0.25) is 0 Å². The Balaban J connectivity index is 1.72. The standard InChI is InChI=1S/C17H19N5O5/c1-12-7-14(11-26-12)10-20-5-6-21(16(20)19-22(24)25)17(23)27-15-4-2-3-13(8-15)9-18/h2-4,8,12,14H,5-7,10-11H2,1H3. The van der Waals surface area contributed by atoms with Crippen LogP contribution in [0.2, 0.25) is 0 Å². The van der Waals surface area contributed by atoms with E-state index in [9.17, 15) is 14.9 Å². The van der Waals surface area contributed by atoms with Crippen LogP contribution in [0.1, 0.15) is 18.9 Å². The number of nitriles is 1. The van der Waals surface area contributed by atoms with Gasteiger partial charge in [0.05, 0.1) is 30.9 Å². The van der Waals surface area contributed by atoms with E-state index in [0.717, 1.165) is 11.3 Å². The second-order valence-corrected chi connectivity index (χ2v) is 6.49. The van der Waals surface area contributed by atoms with Crippen molar-refractivity contribution >= 4 is 12.1 Å². The van der Waals surface area contributed by atoms with E-state index >= 15 is 0 Å². The average Bonchev–Trinajstić information content (AvgIpc) is 3.21. The van der Waals surface area contributed by atoms with Gasteiger partial charge in [-0.3, -0.25) is 0 Å². The SMILES string of the molecule is CC1CC(CN2CCN(C(=O)Oc3cccc(C#N)c3)C2=N[N+](=O)[O-])CO1. The molecule has 2 aliphatic rings. The van der Waals surface area contributed by atoms with Gasteiger partial charge in [-0.05, 0) is 31.5 Å². The number of nitro groups is 1. The molecule has 10 heteroatoms. The van der Waals surface area contributed by atoms with Gasteiger partial charge < -0.3 is 14.4 Å². The van der Waals surface area contributed by atoms with Gasteiger partial charge in [0.1, 0.15) is 10.9 Å². The Morgan fingerprint density at radius 1 is 1.52 bits per heavy atom. The maximum Gasteiger partial charge on any atom is 0.422 e. The normalized spacial score (nSPS) is 23.5. The van der Waals surface area contributed by atoms with Crippen LogP contribution in [0, 0.1) is 27.4 Å². The predicted molar refractivity (Wildman–Crippen MR) is 93.4 cm³/mol. The molecule has 1 amide bonds. The van der Waals surface area contributed by atoms with Gasteiger partial charge in [-0.1, -0.05) is 6.07 Å². The Morgan fingerprint density at radius 2 is 2.33 bits per heavy atom. The number of benzene rings is 1. The zero-order valence-corrected chi connectivity index (χ0v) is 14.8. The van der Waals surface area contributed by atoms with Crippen LogP contribution in [0.25, 0.3) is 0 Å². The Kier molecular flexibility index (Phi) is 5.52. The number of hydrazone groups is 1. The van der Waals surface area contributed by atoms with Gasteiger partial charge >= 0.3 is 6.09 Å². The summed E-state index contributed by atoms with van der Waals surface area (Å²) in [5.74, 6) is 0.372. The highest BCUT2D eigenvalue weighted by molar-refractivity contribution is 5.96. The fourth-order valence-electron chi connectivity index (χ4n) is 3.26. The first-order valence-electron chi connectivity index (χ1n) is 8.55. The molecule has 1 aromatic carbocycles. The Bertz CT molecular complexity index is 805. The van der Waals surface area contributed by atoms with Crippen molar-refractivity contribution in [1.29, 1.82) is 5.26 Å². The topological polar surface area (TPSA) is 121 Å². The molecule has 1 aromatic rings. The van der Waals surface area contributed by atoms with Gasteiger partial charge in [-0.15, -0.1) is 0 Å². The molecule has 2 heterocycles. The molecule has 2 fully saturated rings. The summed E-state index contributed by atoms with van der Waals surface area (Å²) in [5, 5.41) is 22.5. The lowest BCUT2D eigenvalue weighted by Gasteiger charge is -2.21. The van der Waals surface area contributed by atoms with Gasteiger partial charge in [-0.25, -0.2) is 19.8 Å². The van der Waals surface area contributed by atoms with Gasteiger partial charge in [-0.2, -0.15) is 5.26 Å². The lowest BCUT2D eigenvalue weighted by atomic mass is 10.1. The third-order valence-electron chi connectivity index (χ3n) is 4.44. The minimum Gasteiger partial charge on any atom is -0.410 e. The van der Waals surface area contributed by atoms with Crippen molar-refractivity contribution in [2.75, 3.05) is 26.2 Å². The second-order valence-electron chi connectivity index (χ2n) is 6.49. The van der Waals surface area contributed by atoms with E-state index in [0.29, 0.717) is 25.3 Å². The van der Waals surface area contributed by atoms with Crippen LogP contribution in [0.5, 0.6) is 5.75 Å². The zero-order chi connectivity index (χ0) is 19.4. The summed E-state index contributed by atoms with van der Waals surface area (Å²) < 4.78 is 10.8. The van der Waals surface area contributed by atoms with Crippen molar-refractivity contribution in [2.24, 2.45) is 11.0 Å². The summed E-state index contributed by atoms with van der Waals surface area (Å²) in [6, 6.07) is 8.09. The van der Waals surface area contributed by atoms with E-state index < -0.39 is 11.1 Å². The lowest BCUT2D eigenvalue weighted by Crippen LogP contribution is -2.41. The summed E-state index contributed by atoms with van der Waals surface area (Å²) >= 11 is 0. The molecular weight excluding hydrogens is 354 g/mol. The third-order valence-corrected chi connectivity index (χ3v) is 4.44.